The predicted molar refractivity (Wildman–Crippen MR) is 74.2 cm³/mol. The highest BCUT2D eigenvalue weighted by Crippen LogP contribution is 2.25. The first-order chi connectivity index (χ1) is 9.99. The molecule has 0 bridgehead atoms. The standard InChI is InChI=1S/C14H19NO6/c1-3-21-13(18)9-15(6-7-20-2)14(19)10-4-5-11(16)12(17)8-10/h4-5,8,16-17H,3,6-7,9H2,1-2H3. The van der Waals surface area contributed by atoms with Crippen molar-refractivity contribution in [2.75, 3.05) is 33.4 Å². The number of carbonyl (C=O) groups is 2. The number of hydrogen-bond donors (Lipinski definition) is 2. The van der Waals surface area contributed by atoms with Crippen molar-refractivity contribution in [3.63, 3.8) is 0 Å². The number of amides is 1. The molecule has 1 amide bonds. The van der Waals surface area contributed by atoms with Crippen LogP contribution in [0.1, 0.15) is 17.3 Å². The van der Waals surface area contributed by atoms with Crippen LogP contribution in [0, 0.1) is 0 Å². The second-order valence-corrected chi connectivity index (χ2v) is 4.23. The van der Waals surface area contributed by atoms with Gasteiger partial charge in [-0.3, -0.25) is 9.59 Å². The van der Waals surface area contributed by atoms with Crippen LogP contribution in [0.4, 0.5) is 0 Å². The van der Waals surface area contributed by atoms with E-state index in [9.17, 15) is 19.8 Å². The minimum Gasteiger partial charge on any atom is -0.504 e. The first kappa shape index (κ1) is 16.8. The summed E-state index contributed by atoms with van der Waals surface area (Å²) < 4.78 is 9.73. The van der Waals surface area contributed by atoms with Crippen LogP contribution in [0.5, 0.6) is 11.5 Å². The minimum absolute atomic E-state index is 0.158. The molecule has 0 aliphatic rings. The third kappa shape index (κ3) is 4.96. The number of phenols is 2. The predicted octanol–water partition coefficient (Wildman–Crippen LogP) is 0.749. The summed E-state index contributed by atoms with van der Waals surface area (Å²) in [6.45, 7) is 2.16. The summed E-state index contributed by atoms with van der Waals surface area (Å²) in [6, 6.07) is 3.71. The Balaban J connectivity index is 2.87. The second-order valence-electron chi connectivity index (χ2n) is 4.23. The molecule has 0 aromatic heterocycles. The largest absolute Gasteiger partial charge is 0.504 e. The van der Waals surface area contributed by atoms with Crippen LogP contribution in [-0.4, -0.2) is 60.4 Å². The highest BCUT2D eigenvalue weighted by Gasteiger charge is 2.20. The maximum Gasteiger partial charge on any atom is 0.325 e. The third-order valence-corrected chi connectivity index (χ3v) is 2.70. The molecule has 1 aromatic rings. The summed E-state index contributed by atoms with van der Waals surface area (Å²) >= 11 is 0. The minimum atomic E-state index is -0.523. The fraction of sp³-hybridized carbons (Fsp3) is 0.429. The molecular weight excluding hydrogens is 278 g/mol. The summed E-state index contributed by atoms with van der Waals surface area (Å²) in [5.74, 6) is -1.70. The Kier molecular flexibility index (Phi) is 6.48. The quantitative estimate of drug-likeness (QED) is 0.569. The molecule has 0 saturated heterocycles. The van der Waals surface area contributed by atoms with Crippen LogP contribution in [-0.2, 0) is 14.3 Å². The van der Waals surface area contributed by atoms with Crippen molar-refractivity contribution in [1.29, 1.82) is 0 Å². The van der Waals surface area contributed by atoms with E-state index in [2.05, 4.69) is 0 Å². The van der Waals surface area contributed by atoms with E-state index in [0.29, 0.717) is 0 Å². The fourth-order valence-electron chi connectivity index (χ4n) is 1.66. The molecule has 1 rings (SSSR count). The molecule has 0 radical (unpaired) electrons. The smallest absolute Gasteiger partial charge is 0.325 e. The normalized spacial score (nSPS) is 10.2. The molecule has 0 aliphatic carbocycles. The second kappa shape index (κ2) is 8.11. The number of hydrogen-bond acceptors (Lipinski definition) is 6. The molecule has 7 heteroatoms. The van der Waals surface area contributed by atoms with Crippen molar-refractivity contribution in [3.05, 3.63) is 23.8 Å². The Morgan fingerprint density at radius 2 is 1.95 bits per heavy atom. The third-order valence-electron chi connectivity index (χ3n) is 2.70. The maximum atomic E-state index is 12.3. The zero-order valence-electron chi connectivity index (χ0n) is 12.0. The molecule has 2 N–H and O–H groups in total. The molecule has 0 saturated carbocycles. The van der Waals surface area contributed by atoms with E-state index < -0.39 is 17.6 Å². The molecule has 0 atom stereocenters. The summed E-state index contributed by atoms with van der Waals surface area (Å²) in [5, 5.41) is 18.7. The summed E-state index contributed by atoms with van der Waals surface area (Å²) in [6.07, 6.45) is 0. The van der Waals surface area contributed by atoms with Gasteiger partial charge in [0.2, 0.25) is 0 Å². The molecule has 7 nitrogen and oxygen atoms in total. The average molecular weight is 297 g/mol. The van der Waals surface area contributed by atoms with E-state index in [4.69, 9.17) is 9.47 Å². The lowest BCUT2D eigenvalue weighted by atomic mass is 10.1. The number of benzene rings is 1. The summed E-state index contributed by atoms with van der Waals surface area (Å²) in [4.78, 5) is 25.1. The highest BCUT2D eigenvalue weighted by atomic mass is 16.5. The van der Waals surface area contributed by atoms with Crippen molar-refractivity contribution in [1.82, 2.24) is 4.90 Å². The van der Waals surface area contributed by atoms with Crippen LogP contribution in [0.15, 0.2) is 18.2 Å². The van der Waals surface area contributed by atoms with Gasteiger partial charge < -0.3 is 24.6 Å². The highest BCUT2D eigenvalue weighted by molar-refractivity contribution is 5.96. The van der Waals surface area contributed by atoms with E-state index in [1.54, 1.807) is 6.92 Å². The van der Waals surface area contributed by atoms with Gasteiger partial charge >= 0.3 is 5.97 Å². The molecule has 116 valence electrons. The SMILES string of the molecule is CCOC(=O)CN(CCOC)C(=O)c1ccc(O)c(O)c1. The number of rotatable bonds is 7. The molecule has 0 spiro atoms. The van der Waals surface area contributed by atoms with Gasteiger partial charge in [0.1, 0.15) is 6.54 Å². The zero-order chi connectivity index (χ0) is 15.8. The van der Waals surface area contributed by atoms with Crippen LogP contribution in [0.2, 0.25) is 0 Å². The van der Waals surface area contributed by atoms with E-state index in [0.717, 1.165) is 6.07 Å². The van der Waals surface area contributed by atoms with Gasteiger partial charge in [-0.25, -0.2) is 0 Å². The number of phenolic OH excluding ortho intramolecular Hbond substituents is 2. The zero-order valence-corrected chi connectivity index (χ0v) is 12.0. The van der Waals surface area contributed by atoms with Gasteiger partial charge in [0.05, 0.1) is 13.2 Å². The van der Waals surface area contributed by atoms with Gasteiger partial charge in [0.15, 0.2) is 11.5 Å². The van der Waals surface area contributed by atoms with Crippen molar-refractivity contribution in [3.8, 4) is 11.5 Å². The number of nitrogens with zero attached hydrogens (tertiary/aromatic N) is 1. The lowest BCUT2D eigenvalue weighted by Crippen LogP contribution is -2.38. The van der Waals surface area contributed by atoms with Crippen molar-refractivity contribution in [2.45, 2.75) is 6.92 Å². The molecular formula is C14H19NO6. The Bertz CT molecular complexity index is 502. The van der Waals surface area contributed by atoms with Gasteiger partial charge in [-0.05, 0) is 25.1 Å². The summed E-state index contributed by atoms with van der Waals surface area (Å²) in [7, 11) is 1.49. The van der Waals surface area contributed by atoms with E-state index in [1.807, 2.05) is 0 Å². The number of ether oxygens (including phenoxy) is 2. The Labute approximate surface area is 122 Å². The van der Waals surface area contributed by atoms with Crippen LogP contribution in [0.3, 0.4) is 0 Å². The number of aromatic hydroxyl groups is 2. The lowest BCUT2D eigenvalue weighted by Gasteiger charge is -2.21. The summed E-state index contributed by atoms with van der Waals surface area (Å²) in [5.41, 5.74) is 0.158. The Hall–Kier alpha value is -2.28. The first-order valence-electron chi connectivity index (χ1n) is 6.45. The Morgan fingerprint density at radius 1 is 1.24 bits per heavy atom. The molecule has 0 heterocycles. The maximum absolute atomic E-state index is 12.3. The van der Waals surface area contributed by atoms with Gasteiger partial charge in [-0.2, -0.15) is 0 Å². The van der Waals surface area contributed by atoms with Crippen molar-refractivity contribution < 1.29 is 29.3 Å². The molecule has 0 unspecified atom stereocenters. The number of esters is 1. The van der Waals surface area contributed by atoms with Crippen LogP contribution >= 0.6 is 0 Å². The molecule has 0 aliphatic heterocycles. The lowest BCUT2D eigenvalue weighted by molar-refractivity contribution is -0.143. The number of carbonyl (C=O) groups excluding carboxylic acids is 2. The van der Waals surface area contributed by atoms with Gasteiger partial charge in [0.25, 0.3) is 5.91 Å². The molecule has 0 fully saturated rings. The van der Waals surface area contributed by atoms with E-state index >= 15 is 0 Å². The van der Waals surface area contributed by atoms with Gasteiger partial charge in [-0.1, -0.05) is 0 Å². The van der Waals surface area contributed by atoms with Crippen LogP contribution in [0.25, 0.3) is 0 Å². The van der Waals surface area contributed by atoms with Crippen molar-refractivity contribution in [2.24, 2.45) is 0 Å². The van der Waals surface area contributed by atoms with E-state index in [-0.39, 0.29) is 37.6 Å². The monoisotopic (exact) mass is 297 g/mol. The number of methoxy groups -OCH3 is 1. The Morgan fingerprint density at radius 3 is 2.52 bits per heavy atom. The van der Waals surface area contributed by atoms with Gasteiger partial charge in [0, 0.05) is 19.2 Å². The van der Waals surface area contributed by atoms with Crippen molar-refractivity contribution >= 4 is 11.9 Å². The van der Waals surface area contributed by atoms with Gasteiger partial charge in [-0.15, -0.1) is 0 Å². The molecule has 1 aromatic carbocycles. The van der Waals surface area contributed by atoms with E-state index in [1.165, 1.54) is 24.1 Å². The molecule has 21 heavy (non-hydrogen) atoms. The fourth-order valence-corrected chi connectivity index (χ4v) is 1.66. The topological polar surface area (TPSA) is 96.3 Å². The van der Waals surface area contributed by atoms with Crippen LogP contribution < -0.4 is 0 Å². The first-order valence-corrected chi connectivity index (χ1v) is 6.45. The average Bonchev–Trinajstić information content (AvgIpc) is 2.46.